The van der Waals surface area contributed by atoms with E-state index in [4.69, 9.17) is 10.8 Å². The minimum Gasteiger partial charge on any atom is -0.369 e. The molecule has 5 rings (SSSR count). The van der Waals surface area contributed by atoms with Crippen molar-refractivity contribution < 1.29 is 9.59 Å². The molecule has 2 aliphatic rings. The predicted octanol–water partition coefficient (Wildman–Crippen LogP) is 3.71. The zero-order valence-electron chi connectivity index (χ0n) is 18.6. The zero-order chi connectivity index (χ0) is 22.8. The first-order valence-electron chi connectivity index (χ1n) is 11.5. The third kappa shape index (κ3) is 4.52. The van der Waals surface area contributed by atoms with Gasteiger partial charge in [0.2, 0.25) is 5.91 Å². The summed E-state index contributed by atoms with van der Waals surface area (Å²) >= 11 is 0. The molecule has 0 bridgehead atoms. The molecule has 1 saturated heterocycles. The van der Waals surface area contributed by atoms with Gasteiger partial charge in [0.15, 0.2) is 0 Å². The number of carbonyl (C=O) groups excluding carboxylic acids is 2. The van der Waals surface area contributed by atoms with Crippen LogP contribution in [-0.4, -0.2) is 47.1 Å². The number of piperidine rings is 1. The third-order valence-corrected chi connectivity index (χ3v) is 6.70. The summed E-state index contributed by atoms with van der Waals surface area (Å²) in [5, 5.41) is 8.81. The molecule has 0 aliphatic carbocycles. The van der Waals surface area contributed by atoms with Crippen LogP contribution < -0.4 is 5.73 Å². The molecule has 3 aromatic rings. The minimum atomic E-state index is -0.285. The minimum absolute atomic E-state index is 0.0511. The highest BCUT2D eigenvalue weighted by atomic mass is 16.2. The van der Waals surface area contributed by atoms with E-state index < -0.39 is 0 Å². The summed E-state index contributed by atoms with van der Waals surface area (Å²) in [6.07, 6.45) is 2.33. The monoisotopic (exact) mass is 440 g/mol. The molecule has 0 spiro atoms. The molecule has 3 aromatic carbocycles. The van der Waals surface area contributed by atoms with Gasteiger partial charge >= 0.3 is 0 Å². The third-order valence-electron chi connectivity index (χ3n) is 6.70. The number of benzene rings is 3. The Morgan fingerprint density at radius 3 is 2.52 bits per heavy atom. The summed E-state index contributed by atoms with van der Waals surface area (Å²) in [4.78, 5) is 27.1. The van der Waals surface area contributed by atoms with Crippen molar-refractivity contribution >= 4 is 28.3 Å². The molecule has 2 aliphatic heterocycles. The lowest BCUT2D eigenvalue weighted by Gasteiger charge is -2.32. The average molecular weight is 441 g/mol. The number of fused-ring (bicyclic) bond motifs is 1. The van der Waals surface area contributed by atoms with Crippen molar-refractivity contribution in [1.82, 2.24) is 9.91 Å². The van der Waals surface area contributed by atoms with E-state index in [-0.39, 0.29) is 30.3 Å². The maximum Gasteiger partial charge on any atom is 0.257 e. The van der Waals surface area contributed by atoms with Crippen LogP contribution in [0.3, 0.4) is 0 Å². The van der Waals surface area contributed by atoms with Gasteiger partial charge in [-0.2, -0.15) is 5.10 Å². The highest BCUT2D eigenvalue weighted by Gasteiger charge is 2.34. The van der Waals surface area contributed by atoms with Crippen LogP contribution in [0.4, 0.5) is 0 Å². The van der Waals surface area contributed by atoms with Crippen LogP contribution in [0.1, 0.15) is 36.4 Å². The number of likely N-dealkylation sites (tertiary alicyclic amines) is 1. The molecule has 2 atom stereocenters. The fraction of sp³-hybridized carbons (Fsp3) is 0.296. The van der Waals surface area contributed by atoms with E-state index in [1.54, 1.807) is 5.01 Å². The van der Waals surface area contributed by atoms with E-state index in [2.05, 4.69) is 30.3 Å². The number of amides is 2. The summed E-state index contributed by atoms with van der Waals surface area (Å²) in [6.45, 7) is 1.56. The van der Waals surface area contributed by atoms with Crippen molar-refractivity contribution in [2.45, 2.75) is 25.3 Å². The van der Waals surface area contributed by atoms with Gasteiger partial charge in [-0.05, 0) is 47.4 Å². The average Bonchev–Trinajstić information content (AvgIpc) is 3.30. The molecule has 6 nitrogen and oxygen atoms in total. The fourth-order valence-corrected chi connectivity index (χ4v) is 4.91. The van der Waals surface area contributed by atoms with Crippen LogP contribution in [0, 0.1) is 5.92 Å². The number of hydrazone groups is 1. The van der Waals surface area contributed by atoms with Crippen molar-refractivity contribution in [2.75, 3.05) is 19.6 Å². The van der Waals surface area contributed by atoms with Crippen LogP contribution >= 0.6 is 0 Å². The largest absolute Gasteiger partial charge is 0.369 e. The second-order valence-corrected chi connectivity index (χ2v) is 8.95. The quantitative estimate of drug-likeness (QED) is 0.657. The van der Waals surface area contributed by atoms with Crippen molar-refractivity contribution in [3.8, 4) is 0 Å². The van der Waals surface area contributed by atoms with E-state index in [0.29, 0.717) is 13.0 Å². The number of primary amides is 1. The lowest BCUT2D eigenvalue weighted by molar-refractivity contribution is -0.135. The van der Waals surface area contributed by atoms with E-state index >= 15 is 0 Å². The van der Waals surface area contributed by atoms with Gasteiger partial charge in [0.1, 0.15) is 0 Å². The molecule has 2 heterocycles. The van der Waals surface area contributed by atoms with Gasteiger partial charge in [0, 0.05) is 13.0 Å². The number of hydrogen-bond acceptors (Lipinski definition) is 4. The Balaban J connectivity index is 1.42. The first kappa shape index (κ1) is 21.3. The first-order valence-corrected chi connectivity index (χ1v) is 11.5. The molecule has 0 unspecified atom stereocenters. The first-order chi connectivity index (χ1) is 16.1. The van der Waals surface area contributed by atoms with Crippen molar-refractivity contribution in [2.24, 2.45) is 16.8 Å². The Kier molecular flexibility index (Phi) is 5.92. The maximum absolute atomic E-state index is 13.4. The smallest absolute Gasteiger partial charge is 0.257 e. The standard InChI is InChI=1S/C27H28N4O2/c28-27(33)23-11-6-14-30(17-23)18-26(32)31-25(20-8-2-1-3-9-20)16-24(29-31)22-13-12-19-7-4-5-10-21(19)15-22/h1-5,7-10,12-13,15,23,25H,6,11,14,16-18H2,(H2,28,33)/t23-,25+/m0/s1. The van der Waals surface area contributed by atoms with Gasteiger partial charge in [-0.1, -0.05) is 66.7 Å². The highest BCUT2D eigenvalue weighted by Crippen LogP contribution is 2.33. The van der Waals surface area contributed by atoms with Crippen LogP contribution in [0.15, 0.2) is 77.9 Å². The Bertz CT molecular complexity index is 1210. The number of nitrogens with zero attached hydrogens (tertiary/aromatic N) is 3. The van der Waals surface area contributed by atoms with Crippen LogP contribution in [0.5, 0.6) is 0 Å². The summed E-state index contributed by atoms with van der Waals surface area (Å²) in [7, 11) is 0. The summed E-state index contributed by atoms with van der Waals surface area (Å²) < 4.78 is 0. The molecular weight excluding hydrogens is 412 g/mol. The van der Waals surface area contributed by atoms with Crippen molar-refractivity contribution in [3.05, 3.63) is 83.9 Å². The lowest BCUT2D eigenvalue weighted by atomic mass is 9.96. The van der Waals surface area contributed by atoms with E-state index in [1.807, 2.05) is 47.4 Å². The fourth-order valence-electron chi connectivity index (χ4n) is 4.91. The number of rotatable bonds is 5. The van der Waals surface area contributed by atoms with E-state index in [9.17, 15) is 9.59 Å². The number of nitrogens with two attached hydrogens (primary N) is 1. The van der Waals surface area contributed by atoms with Crippen molar-refractivity contribution in [1.29, 1.82) is 0 Å². The molecule has 0 radical (unpaired) electrons. The number of carbonyl (C=O) groups is 2. The lowest BCUT2D eigenvalue weighted by Crippen LogP contribution is -2.45. The van der Waals surface area contributed by atoms with Crippen LogP contribution in [0.25, 0.3) is 10.8 Å². The molecule has 168 valence electrons. The van der Waals surface area contributed by atoms with Gasteiger partial charge in [0.05, 0.1) is 24.2 Å². The topological polar surface area (TPSA) is 79.0 Å². The SMILES string of the molecule is NC(=O)[C@H]1CCCN(CC(=O)N2N=C(c3ccc4ccccc4c3)C[C@@H]2c2ccccc2)C1. The molecule has 33 heavy (non-hydrogen) atoms. The van der Waals surface area contributed by atoms with Gasteiger partial charge in [-0.25, -0.2) is 5.01 Å². The molecule has 0 saturated carbocycles. The van der Waals surface area contributed by atoms with Crippen molar-refractivity contribution in [3.63, 3.8) is 0 Å². The normalized spacial score (nSPS) is 21.2. The number of hydrogen-bond donors (Lipinski definition) is 1. The predicted molar refractivity (Wildman–Crippen MR) is 129 cm³/mol. The molecule has 1 fully saturated rings. The Hall–Kier alpha value is -3.51. The molecular formula is C27H28N4O2. The summed E-state index contributed by atoms with van der Waals surface area (Å²) in [5.74, 6) is -0.524. The van der Waals surface area contributed by atoms with Crippen LogP contribution in [-0.2, 0) is 9.59 Å². The van der Waals surface area contributed by atoms with E-state index in [0.717, 1.165) is 41.6 Å². The molecule has 0 aromatic heterocycles. The van der Waals surface area contributed by atoms with Gasteiger partial charge < -0.3 is 5.73 Å². The molecule has 2 N–H and O–H groups in total. The summed E-state index contributed by atoms with van der Waals surface area (Å²) in [5.41, 5.74) is 8.54. The Morgan fingerprint density at radius 2 is 1.73 bits per heavy atom. The zero-order valence-corrected chi connectivity index (χ0v) is 18.6. The maximum atomic E-state index is 13.4. The van der Waals surface area contributed by atoms with Gasteiger partial charge in [-0.15, -0.1) is 0 Å². The van der Waals surface area contributed by atoms with E-state index in [1.165, 1.54) is 5.39 Å². The summed E-state index contributed by atoms with van der Waals surface area (Å²) in [6, 6.07) is 24.5. The molecule has 2 amide bonds. The van der Waals surface area contributed by atoms with Gasteiger partial charge in [0.25, 0.3) is 5.91 Å². The highest BCUT2D eigenvalue weighted by molar-refractivity contribution is 6.05. The Labute approximate surface area is 193 Å². The second-order valence-electron chi connectivity index (χ2n) is 8.95. The van der Waals surface area contributed by atoms with Crippen LogP contribution in [0.2, 0.25) is 0 Å². The van der Waals surface area contributed by atoms with Gasteiger partial charge in [-0.3, -0.25) is 14.5 Å². The molecule has 6 heteroatoms. The Morgan fingerprint density at radius 1 is 0.970 bits per heavy atom. The second kappa shape index (κ2) is 9.16.